The second-order valence-corrected chi connectivity index (χ2v) is 7.30. The van der Waals surface area contributed by atoms with Crippen molar-refractivity contribution in [2.45, 2.75) is 6.92 Å². The molecule has 2 aromatic carbocycles. The van der Waals surface area contributed by atoms with Crippen molar-refractivity contribution in [2.75, 3.05) is 43.9 Å². The lowest BCUT2D eigenvalue weighted by Crippen LogP contribution is -2.32. The molecule has 0 saturated carbocycles. The summed E-state index contributed by atoms with van der Waals surface area (Å²) in [5.41, 5.74) is 1.92. The Bertz CT molecular complexity index is 807. The number of nitrogens with one attached hydrogen (secondary N) is 1. The van der Waals surface area contributed by atoms with Crippen molar-refractivity contribution in [3.8, 4) is 0 Å². The molecule has 7 heteroatoms. The molecule has 0 fully saturated rings. The number of aromatic carboxylic acids is 1. The SMILES string of the molecule is CCN(CCN(C)C)c1ccc(C(=O)O)cc1NC(=O)c1ccc(Br)cc1. The fraction of sp³-hybridized carbons (Fsp3) is 0.300. The maximum absolute atomic E-state index is 12.6. The zero-order valence-electron chi connectivity index (χ0n) is 15.7. The van der Waals surface area contributed by atoms with E-state index in [2.05, 4.69) is 31.0 Å². The minimum Gasteiger partial charge on any atom is -0.478 e. The highest BCUT2D eigenvalue weighted by Crippen LogP contribution is 2.28. The van der Waals surface area contributed by atoms with Gasteiger partial charge in [-0.25, -0.2) is 4.79 Å². The van der Waals surface area contributed by atoms with Crippen LogP contribution >= 0.6 is 15.9 Å². The first-order valence-corrected chi connectivity index (χ1v) is 9.45. The molecule has 0 radical (unpaired) electrons. The maximum Gasteiger partial charge on any atom is 0.335 e. The van der Waals surface area contributed by atoms with E-state index in [1.165, 1.54) is 6.07 Å². The lowest BCUT2D eigenvalue weighted by atomic mass is 10.1. The fourth-order valence-electron chi connectivity index (χ4n) is 2.61. The smallest absolute Gasteiger partial charge is 0.335 e. The fourth-order valence-corrected chi connectivity index (χ4v) is 2.87. The van der Waals surface area contributed by atoms with E-state index in [0.29, 0.717) is 11.3 Å². The average Bonchev–Trinajstić information content (AvgIpc) is 2.63. The van der Waals surface area contributed by atoms with Crippen molar-refractivity contribution in [1.29, 1.82) is 0 Å². The normalized spacial score (nSPS) is 10.7. The van der Waals surface area contributed by atoms with E-state index in [4.69, 9.17) is 0 Å². The van der Waals surface area contributed by atoms with Crippen LogP contribution in [0.4, 0.5) is 11.4 Å². The highest BCUT2D eigenvalue weighted by molar-refractivity contribution is 9.10. The van der Waals surface area contributed by atoms with Crippen LogP contribution in [0.1, 0.15) is 27.6 Å². The molecule has 0 saturated heterocycles. The van der Waals surface area contributed by atoms with Gasteiger partial charge in [0.25, 0.3) is 5.91 Å². The van der Waals surface area contributed by atoms with Crippen LogP contribution in [0.25, 0.3) is 0 Å². The van der Waals surface area contributed by atoms with Crippen molar-refractivity contribution < 1.29 is 14.7 Å². The maximum atomic E-state index is 12.6. The van der Waals surface area contributed by atoms with Crippen LogP contribution in [0.15, 0.2) is 46.9 Å². The van der Waals surface area contributed by atoms with Gasteiger partial charge in [-0.1, -0.05) is 15.9 Å². The van der Waals surface area contributed by atoms with E-state index in [9.17, 15) is 14.7 Å². The van der Waals surface area contributed by atoms with Gasteiger partial charge in [0.2, 0.25) is 0 Å². The number of nitrogens with zero attached hydrogens (tertiary/aromatic N) is 2. The van der Waals surface area contributed by atoms with Gasteiger partial charge in [-0.15, -0.1) is 0 Å². The molecule has 0 heterocycles. The Labute approximate surface area is 167 Å². The first-order valence-electron chi connectivity index (χ1n) is 8.65. The predicted octanol–water partition coefficient (Wildman–Crippen LogP) is 3.79. The summed E-state index contributed by atoms with van der Waals surface area (Å²) in [6, 6.07) is 11.8. The van der Waals surface area contributed by atoms with E-state index in [-0.39, 0.29) is 11.5 Å². The molecule has 27 heavy (non-hydrogen) atoms. The predicted molar refractivity (Wildman–Crippen MR) is 112 cm³/mol. The Balaban J connectivity index is 2.35. The number of likely N-dealkylation sites (N-methyl/N-ethyl adjacent to an activating group) is 2. The Morgan fingerprint density at radius 1 is 1.04 bits per heavy atom. The summed E-state index contributed by atoms with van der Waals surface area (Å²) in [4.78, 5) is 28.2. The molecule has 0 aliphatic carbocycles. The number of hydrogen-bond acceptors (Lipinski definition) is 4. The summed E-state index contributed by atoms with van der Waals surface area (Å²) >= 11 is 3.35. The molecular weight excluding hydrogens is 410 g/mol. The van der Waals surface area contributed by atoms with Crippen LogP contribution in [0.5, 0.6) is 0 Å². The summed E-state index contributed by atoms with van der Waals surface area (Å²) in [6.07, 6.45) is 0. The summed E-state index contributed by atoms with van der Waals surface area (Å²) in [5, 5.41) is 12.2. The van der Waals surface area contributed by atoms with Gasteiger partial charge in [0.15, 0.2) is 0 Å². The molecule has 0 aliphatic rings. The molecule has 144 valence electrons. The third-order valence-corrected chi connectivity index (χ3v) is 4.67. The van der Waals surface area contributed by atoms with Crippen molar-refractivity contribution in [3.05, 3.63) is 58.1 Å². The molecular formula is C20H24BrN3O3. The molecule has 0 atom stereocenters. The highest BCUT2D eigenvalue weighted by Gasteiger charge is 2.16. The molecule has 6 nitrogen and oxygen atoms in total. The number of hydrogen-bond donors (Lipinski definition) is 2. The van der Waals surface area contributed by atoms with Crippen LogP contribution < -0.4 is 10.2 Å². The number of benzene rings is 2. The van der Waals surface area contributed by atoms with E-state index in [0.717, 1.165) is 29.8 Å². The van der Waals surface area contributed by atoms with Crippen LogP contribution in [0.2, 0.25) is 0 Å². The Kier molecular flexibility index (Phi) is 7.38. The average molecular weight is 434 g/mol. The summed E-state index contributed by atoms with van der Waals surface area (Å²) in [7, 11) is 4.00. The largest absolute Gasteiger partial charge is 0.478 e. The van der Waals surface area contributed by atoms with Gasteiger partial charge >= 0.3 is 5.97 Å². The van der Waals surface area contributed by atoms with Gasteiger partial charge in [-0.05, 0) is 63.5 Å². The van der Waals surface area contributed by atoms with Gasteiger partial charge in [-0.2, -0.15) is 0 Å². The van der Waals surface area contributed by atoms with Crippen molar-refractivity contribution in [1.82, 2.24) is 4.90 Å². The molecule has 0 aliphatic heterocycles. The van der Waals surface area contributed by atoms with Crippen molar-refractivity contribution >= 4 is 39.2 Å². The van der Waals surface area contributed by atoms with Gasteiger partial charge in [0, 0.05) is 29.7 Å². The lowest BCUT2D eigenvalue weighted by Gasteiger charge is -2.27. The third-order valence-electron chi connectivity index (χ3n) is 4.14. The first kappa shape index (κ1) is 20.9. The first-order chi connectivity index (χ1) is 12.8. The number of amides is 1. The number of anilines is 2. The van der Waals surface area contributed by atoms with Gasteiger partial charge < -0.3 is 20.2 Å². The van der Waals surface area contributed by atoms with Crippen LogP contribution in [0, 0.1) is 0 Å². The molecule has 1 amide bonds. The second kappa shape index (κ2) is 9.53. The monoisotopic (exact) mass is 433 g/mol. The van der Waals surface area contributed by atoms with Crippen molar-refractivity contribution in [3.63, 3.8) is 0 Å². The topological polar surface area (TPSA) is 72.9 Å². The Hall–Kier alpha value is -2.38. The summed E-state index contributed by atoms with van der Waals surface area (Å²) < 4.78 is 0.883. The lowest BCUT2D eigenvalue weighted by molar-refractivity contribution is 0.0696. The highest BCUT2D eigenvalue weighted by atomic mass is 79.9. The number of carbonyl (C=O) groups excluding carboxylic acids is 1. The summed E-state index contributed by atoms with van der Waals surface area (Å²) in [6.45, 7) is 4.37. The van der Waals surface area contributed by atoms with E-state index in [1.54, 1.807) is 36.4 Å². The molecule has 0 aromatic heterocycles. The number of carboxylic acid groups (broad SMARTS) is 1. The Morgan fingerprint density at radius 2 is 1.67 bits per heavy atom. The third kappa shape index (κ3) is 5.80. The molecule has 2 aromatic rings. The van der Waals surface area contributed by atoms with E-state index < -0.39 is 5.97 Å². The van der Waals surface area contributed by atoms with Gasteiger partial charge in [-0.3, -0.25) is 4.79 Å². The van der Waals surface area contributed by atoms with Crippen LogP contribution in [-0.4, -0.2) is 55.6 Å². The number of rotatable bonds is 8. The molecule has 2 N–H and O–H groups in total. The standard InChI is InChI=1S/C20H24BrN3O3/c1-4-24(12-11-23(2)3)18-10-7-15(20(26)27)13-17(18)22-19(25)14-5-8-16(21)9-6-14/h5-10,13H,4,11-12H2,1-3H3,(H,22,25)(H,26,27). The second-order valence-electron chi connectivity index (χ2n) is 6.38. The van der Waals surface area contributed by atoms with Crippen LogP contribution in [0.3, 0.4) is 0 Å². The molecule has 0 spiro atoms. The zero-order valence-corrected chi connectivity index (χ0v) is 17.3. The minimum atomic E-state index is -1.03. The zero-order chi connectivity index (χ0) is 20.0. The number of carbonyl (C=O) groups is 2. The number of halogens is 1. The van der Waals surface area contributed by atoms with Crippen LogP contribution in [-0.2, 0) is 0 Å². The van der Waals surface area contributed by atoms with Gasteiger partial charge in [0.05, 0.1) is 16.9 Å². The molecule has 0 bridgehead atoms. The van der Waals surface area contributed by atoms with E-state index >= 15 is 0 Å². The molecule has 2 rings (SSSR count). The summed E-state index contributed by atoms with van der Waals surface area (Å²) in [5.74, 6) is -1.31. The number of carboxylic acids is 1. The van der Waals surface area contributed by atoms with Gasteiger partial charge in [0.1, 0.15) is 0 Å². The van der Waals surface area contributed by atoms with E-state index in [1.807, 2.05) is 21.0 Å². The molecule has 0 unspecified atom stereocenters. The Morgan fingerprint density at radius 3 is 2.22 bits per heavy atom. The minimum absolute atomic E-state index is 0.133. The van der Waals surface area contributed by atoms with Crippen molar-refractivity contribution in [2.24, 2.45) is 0 Å². The quantitative estimate of drug-likeness (QED) is 0.662.